The van der Waals surface area contributed by atoms with Gasteiger partial charge in [-0.3, -0.25) is 24.0 Å². The van der Waals surface area contributed by atoms with E-state index in [0.29, 0.717) is 16.5 Å². The molecule has 2 aromatic carbocycles. The molecule has 1 unspecified atom stereocenters. The lowest BCUT2D eigenvalue weighted by Crippen LogP contribution is -2.39. The number of alkyl halides is 3. The number of fused-ring (bicyclic) bond motifs is 1. The van der Waals surface area contributed by atoms with E-state index in [4.69, 9.17) is 16.7 Å². The number of carbonyl (C=O) groups excluding carboxylic acids is 2. The number of nitrogens with zero attached hydrogens (tertiary/aromatic N) is 3. The number of hydrogen-bond acceptors (Lipinski definition) is 6. The zero-order valence-corrected chi connectivity index (χ0v) is 20.4. The predicted octanol–water partition coefficient (Wildman–Crippen LogP) is 4.61. The molecule has 2 fully saturated rings. The van der Waals surface area contributed by atoms with E-state index in [1.807, 2.05) is 0 Å². The van der Waals surface area contributed by atoms with E-state index in [2.05, 4.69) is 10.4 Å². The SMILES string of the molecule is O=C(O)[C@@H]1CC(N2C(=O)S/C(=C\c3ccc4c(cnn4Cc4ccc(Cl)cc4C(F)(F)F)c3)C2=O)CN1. The van der Waals surface area contributed by atoms with Gasteiger partial charge in [-0.05, 0) is 59.7 Å². The molecule has 3 aromatic rings. The molecule has 5 rings (SSSR count). The highest BCUT2D eigenvalue weighted by atomic mass is 35.5. The van der Waals surface area contributed by atoms with E-state index < -0.39 is 40.9 Å². The predicted molar refractivity (Wildman–Crippen MR) is 131 cm³/mol. The largest absolute Gasteiger partial charge is 0.480 e. The van der Waals surface area contributed by atoms with Crippen molar-refractivity contribution in [1.29, 1.82) is 0 Å². The lowest BCUT2D eigenvalue weighted by molar-refractivity contribution is -0.139. The Morgan fingerprint density at radius 3 is 2.73 bits per heavy atom. The number of imide groups is 1. The van der Waals surface area contributed by atoms with Gasteiger partial charge in [0.2, 0.25) is 0 Å². The smallest absolute Gasteiger partial charge is 0.416 e. The molecule has 2 atom stereocenters. The number of carboxylic acid groups (broad SMARTS) is 1. The van der Waals surface area contributed by atoms with Crippen LogP contribution in [0.2, 0.25) is 5.02 Å². The average molecular weight is 551 g/mol. The van der Waals surface area contributed by atoms with E-state index in [0.717, 1.165) is 22.7 Å². The fourth-order valence-electron chi connectivity index (χ4n) is 4.48. The summed E-state index contributed by atoms with van der Waals surface area (Å²) < 4.78 is 41.9. The zero-order valence-electron chi connectivity index (χ0n) is 18.8. The van der Waals surface area contributed by atoms with Crippen molar-refractivity contribution in [2.45, 2.75) is 31.2 Å². The maximum Gasteiger partial charge on any atom is 0.416 e. The number of halogens is 4. The van der Waals surface area contributed by atoms with Crippen LogP contribution in [0.4, 0.5) is 18.0 Å². The molecule has 37 heavy (non-hydrogen) atoms. The number of carboxylic acids is 1. The minimum atomic E-state index is -4.57. The topological polar surface area (TPSA) is 105 Å². The Hall–Kier alpha value is -3.35. The molecule has 2 aliphatic heterocycles. The molecule has 3 heterocycles. The highest BCUT2D eigenvalue weighted by molar-refractivity contribution is 8.18. The van der Waals surface area contributed by atoms with E-state index in [1.54, 1.807) is 24.3 Å². The fourth-order valence-corrected chi connectivity index (χ4v) is 5.55. The molecule has 0 saturated carbocycles. The molecular formula is C24H18ClF3N4O4S. The molecule has 2 amide bonds. The van der Waals surface area contributed by atoms with Gasteiger partial charge in [-0.2, -0.15) is 18.3 Å². The van der Waals surface area contributed by atoms with Crippen LogP contribution in [0.1, 0.15) is 23.1 Å². The summed E-state index contributed by atoms with van der Waals surface area (Å²) in [4.78, 5) is 37.9. The van der Waals surface area contributed by atoms with E-state index in [1.165, 1.54) is 23.0 Å². The van der Waals surface area contributed by atoms with Crippen molar-refractivity contribution in [1.82, 2.24) is 20.0 Å². The van der Waals surface area contributed by atoms with Gasteiger partial charge in [0.1, 0.15) is 6.04 Å². The van der Waals surface area contributed by atoms with Crippen LogP contribution in [0.15, 0.2) is 47.5 Å². The Balaban J connectivity index is 1.37. The highest BCUT2D eigenvalue weighted by Gasteiger charge is 2.44. The van der Waals surface area contributed by atoms with Crippen molar-refractivity contribution in [3.05, 3.63) is 69.2 Å². The lowest BCUT2D eigenvalue weighted by Gasteiger charge is -2.19. The Bertz CT molecular complexity index is 1470. The molecule has 13 heteroatoms. The first-order valence-electron chi connectivity index (χ1n) is 11.1. The van der Waals surface area contributed by atoms with Crippen LogP contribution in [0, 0.1) is 0 Å². The monoisotopic (exact) mass is 550 g/mol. The summed E-state index contributed by atoms with van der Waals surface area (Å²) in [6, 6.07) is 7.32. The van der Waals surface area contributed by atoms with Gasteiger partial charge < -0.3 is 10.4 Å². The Kier molecular flexibility index (Phi) is 6.50. The number of aliphatic carboxylic acids is 1. The number of amides is 2. The van der Waals surface area contributed by atoms with E-state index in [-0.39, 0.29) is 35.0 Å². The zero-order chi connectivity index (χ0) is 26.5. The van der Waals surface area contributed by atoms with Crippen LogP contribution in [0.3, 0.4) is 0 Å². The standard InChI is InChI=1S/C24H18ClF3N4O4S/c25-15-3-2-13(17(7-15)24(26,27)28)11-31-19-4-1-12(5-14(19)9-30-31)6-20-21(33)32(23(36)37-20)16-8-18(22(34)35)29-10-16/h1-7,9,16,18,29H,8,10-11H2,(H,34,35)/b20-6-/t16?,18-/m0/s1. The quantitative estimate of drug-likeness (QED) is 0.447. The number of rotatable bonds is 5. The molecule has 1 aromatic heterocycles. The van der Waals surface area contributed by atoms with Crippen LogP contribution in [0.5, 0.6) is 0 Å². The minimum Gasteiger partial charge on any atom is -0.480 e. The molecule has 0 bridgehead atoms. The van der Waals surface area contributed by atoms with Crippen molar-refractivity contribution in [2.24, 2.45) is 0 Å². The second-order valence-corrected chi connectivity index (χ2v) is 10.1. The third kappa shape index (κ3) is 4.96. The Morgan fingerprint density at radius 2 is 2.03 bits per heavy atom. The first-order chi connectivity index (χ1) is 17.5. The van der Waals surface area contributed by atoms with Crippen LogP contribution in [-0.2, 0) is 22.3 Å². The summed E-state index contributed by atoms with van der Waals surface area (Å²) in [5, 5.41) is 16.3. The van der Waals surface area contributed by atoms with Crippen molar-refractivity contribution in [2.75, 3.05) is 6.54 Å². The van der Waals surface area contributed by atoms with Gasteiger partial charge in [0.15, 0.2) is 0 Å². The molecule has 2 aliphatic rings. The molecule has 0 radical (unpaired) electrons. The average Bonchev–Trinajstić information content (AvgIpc) is 3.53. The molecule has 0 spiro atoms. The van der Waals surface area contributed by atoms with Crippen molar-refractivity contribution >= 4 is 57.5 Å². The summed E-state index contributed by atoms with van der Waals surface area (Å²) in [5.41, 5.74) is 0.382. The lowest BCUT2D eigenvalue weighted by atomic mass is 10.1. The molecular weight excluding hydrogens is 533 g/mol. The minimum absolute atomic E-state index is 0.0126. The molecule has 192 valence electrons. The van der Waals surface area contributed by atoms with E-state index >= 15 is 0 Å². The molecule has 2 N–H and O–H groups in total. The first-order valence-corrected chi connectivity index (χ1v) is 12.2. The molecule has 2 saturated heterocycles. The van der Waals surface area contributed by atoms with Gasteiger partial charge in [-0.1, -0.05) is 23.7 Å². The number of hydrogen-bond donors (Lipinski definition) is 2. The maximum absolute atomic E-state index is 13.5. The normalized spacial score (nSPS) is 21.5. The van der Waals surface area contributed by atoms with Crippen molar-refractivity contribution < 1.29 is 32.7 Å². The number of thioether (sulfide) groups is 1. The second-order valence-electron chi connectivity index (χ2n) is 8.66. The van der Waals surface area contributed by atoms with Crippen molar-refractivity contribution in [3.63, 3.8) is 0 Å². The fraction of sp³-hybridized carbons (Fsp3) is 0.250. The molecule has 8 nitrogen and oxygen atoms in total. The van der Waals surface area contributed by atoms with Crippen molar-refractivity contribution in [3.8, 4) is 0 Å². The molecule has 0 aliphatic carbocycles. The van der Waals surface area contributed by atoms with Gasteiger partial charge in [0.25, 0.3) is 11.1 Å². The number of nitrogens with one attached hydrogen (secondary N) is 1. The second kappa shape index (κ2) is 9.51. The van der Waals surface area contributed by atoms with Gasteiger partial charge in [-0.25, -0.2) is 0 Å². The van der Waals surface area contributed by atoms with Gasteiger partial charge in [0, 0.05) is 17.0 Å². The summed E-state index contributed by atoms with van der Waals surface area (Å²) >= 11 is 6.54. The summed E-state index contributed by atoms with van der Waals surface area (Å²) in [6.07, 6.45) is -1.37. The third-order valence-electron chi connectivity index (χ3n) is 6.26. The highest BCUT2D eigenvalue weighted by Crippen LogP contribution is 2.36. The van der Waals surface area contributed by atoms with Gasteiger partial charge in [0.05, 0.1) is 34.8 Å². The van der Waals surface area contributed by atoms with Gasteiger partial charge in [-0.15, -0.1) is 0 Å². The van der Waals surface area contributed by atoms with Crippen LogP contribution in [0.25, 0.3) is 17.0 Å². The van der Waals surface area contributed by atoms with Crippen LogP contribution < -0.4 is 5.32 Å². The van der Waals surface area contributed by atoms with Gasteiger partial charge >= 0.3 is 12.1 Å². The Morgan fingerprint density at radius 1 is 1.24 bits per heavy atom. The number of aromatic nitrogens is 2. The third-order valence-corrected chi connectivity index (χ3v) is 7.37. The number of carbonyl (C=O) groups is 3. The Labute approximate surface area is 217 Å². The van der Waals surface area contributed by atoms with Crippen LogP contribution >= 0.6 is 23.4 Å². The van der Waals surface area contributed by atoms with Crippen LogP contribution in [-0.4, -0.2) is 55.5 Å². The van der Waals surface area contributed by atoms with E-state index in [9.17, 15) is 27.6 Å². The summed E-state index contributed by atoms with van der Waals surface area (Å²) in [5.74, 6) is -1.53. The summed E-state index contributed by atoms with van der Waals surface area (Å²) in [6.45, 7) is 0.0810. The first kappa shape index (κ1) is 25.3. The summed E-state index contributed by atoms with van der Waals surface area (Å²) in [7, 11) is 0. The maximum atomic E-state index is 13.5. The number of benzene rings is 2.